The number of cyclic esters (lactones) is 1. The summed E-state index contributed by atoms with van der Waals surface area (Å²) in [4.78, 5) is 38.8. The van der Waals surface area contributed by atoms with Crippen molar-refractivity contribution < 1.29 is 14.3 Å². The first-order valence-corrected chi connectivity index (χ1v) is 12.5. The van der Waals surface area contributed by atoms with Gasteiger partial charge in [-0.3, -0.25) is 10.1 Å². The van der Waals surface area contributed by atoms with Crippen molar-refractivity contribution in [2.75, 3.05) is 29.9 Å². The van der Waals surface area contributed by atoms with Gasteiger partial charge in [0.2, 0.25) is 5.91 Å². The van der Waals surface area contributed by atoms with Crippen molar-refractivity contribution in [1.29, 1.82) is 0 Å². The minimum absolute atomic E-state index is 0.102. The van der Waals surface area contributed by atoms with Gasteiger partial charge in [0.25, 0.3) is 0 Å². The molecule has 2 N–H and O–H groups in total. The van der Waals surface area contributed by atoms with Crippen LogP contribution in [-0.2, 0) is 9.53 Å². The van der Waals surface area contributed by atoms with Crippen molar-refractivity contribution in [3.8, 4) is 0 Å². The minimum atomic E-state index is -0.508. The van der Waals surface area contributed by atoms with E-state index in [1.54, 1.807) is 0 Å². The molecular weight excluding hydrogens is 468 g/mol. The third kappa shape index (κ3) is 4.43. The fraction of sp³-hybridized carbons (Fsp3) is 0.520. The standard InChI is InChI=1S/C25H31ClN6O3/c1-13(2)27-11-18(16-5-7-17(26)8-6-16)24(33)32-10-9-31(20-14(3)21(20)32)23-19-15(4)35-25(34)30-22(19)28-12-29-23/h5-8,12-15,18,20-21,27H,9-11H2,1-4H3,(H,28,29,30,34)/t14-,15?,18+,20+,21-/m0/s1. The Morgan fingerprint density at radius 3 is 2.66 bits per heavy atom. The Balaban J connectivity index is 1.39. The molecule has 2 aliphatic heterocycles. The number of carbonyl (C=O) groups is 2. The van der Waals surface area contributed by atoms with Crippen LogP contribution in [0.5, 0.6) is 0 Å². The van der Waals surface area contributed by atoms with Crippen molar-refractivity contribution in [3.05, 3.63) is 46.7 Å². The van der Waals surface area contributed by atoms with Crippen LogP contribution in [0.1, 0.15) is 50.8 Å². The predicted octanol–water partition coefficient (Wildman–Crippen LogP) is 3.57. The lowest BCUT2D eigenvalue weighted by Crippen LogP contribution is -2.51. The number of rotatable bonds is 6. The van der Waals surface area contributed by atoms with E-state index in [4.69, 9.17) is 16.3 Å². The van der Waals surface area contributed by atoms with Gasteiger partial charge >= 0.3 is 6.09 Å². The van der Waals surface area contributed by atoms with Crippen molar-refractivity contribution in [2.45, 2.75) is 57.8 Å². The molecule has 9 nitrogen and oxygen atoms in total. The van der Waals surface area contributed by atoms with Crippen molar-refractivity contribution in [2.24, 2.45) is 5.92 Å². The summed E-state index contributed by atoms with van der Waals surface area (Å²) in [6.07, 6.45) is 0.518. The molecule has 3 aliphatic rings. The number of nitrogens with one attached hydrogen (secondary N) is 2. The third-order valence-electron chi connectivity index (χ3n) is 7.22. The highest BCUT2D eigenvalue weighted by Gasteiger charge is 2.59. The van der Waals surface area contributed by atoms with Gasteiger partial charge in [0.05, 0.1) is 23.6 Å². The normalized spacial score (nSPS) is 25.9. The molecule has 1 aliphatic carbocycles. The van der Waals surface area contributed by atoms with Crippen LogP contribution >= 0.6 is 11.6 Å². The zero-order chi connectivity index (χ0) is 24.9. The van der Waals surface area contributed by atoms with Crippen LogP contribution in [0.2, 0.25) is 5.02 Å². The predicted molar refractivity (Wildman–Crippen MR) is 134 cm³/mol. The summed E-state index contributed by atoms with van der Waals surface area (Å²) in [5.41, 5.74) is 1.75. The van der Waals surface area contributed by atoms with Gasteiger partial charge in [0, 0.05) is 36.6 Å². The van der Waals surface area contributed by atoms with E-state index in [2.05, 4.69) is 46.3 Å². The van der Waals surface area contributed by atoms with E-state index in [1.807, 2.05) is 36.1 Å². The molecule has 1 unspecified atom stereocenters. The Bertz CT molecular complexity index is 1130. The maximum absolute atomic E-state index is 13.9. The second-order valence-corrected chi connectivity index (χ2v) is 10.3. The summed E-state index contributed by atoms with van der Waals surface area (Å²) in [6, 6.07) is 8.10. The van der Waals surface area contributed by atoms with E-state index in [0.717, 1.165) is 16.9 Å². The lowest BCUT2D eigenvalue weighted by molar-refractivity contribution is -0.134. The van der Waals surface area contributed by atoms with Gasteiger partial charge in [-0.05, 0) is 24.6 Å². The average Bonchev–Trinajstić information content (AvgIpc) is 3.50. The molecule has 0 radical (unpaired) electrons. The second kappa shape index (κ2) is 9.28. The Labute approximate surface area is 210 Å². The van der Waals surface area contributed by atoms with Crippen molar-refractivity contribution >= 4 is 35.2 Å². The number of anilines is 2. The lowest BCUT2D eigenvalue weighted by Gasteiger charge is -2.38. The summed E-state index contributed by atoms with van der Waals surface area (Å²) in [5, 5.41) is 6.77. The topological polar surface area (TPSA) is 99.7 Å². The monoisotopic (exact) mass is 498 g/mol. The molecular formula is C25H31ClN6O3. The first-order chi connectivity index (χ1) is 16.8. The number of carbonyl (C=O) groups excluding carboxylic acids is 2. The number of hydrogen-bond donors (Lipinski definition) is 2. The van der Waals surface area contributed by atoms with Gasteiger partial charge in [-0.1, -0.05) is 44.5 Å². The van der Waals surface area contributed by atoms with Gasteiger partial charge in [0.1, 0.15) is 24.1 Å². The summed E-state index contributed by atoms with van der Waals surface area (Å²) in [5.74, 6) is 1.40. The van der Waals surface area contributed by atoms with Crippen molar-refractivity contribution in [3.63, 3.8) is 0 Å². The van der Waals surface area contributed by atoms with Crippen LogP contribution < -0.4 is 15.5 Å². The summed E-state index contributed by atoms with van der Waals surface area (Å²) < 4.78 is 5.38. The Hall–Kier alpha value is -2.91. The quantitative estimate of drug-likeness (QED) is 0.628. The number of nitrogens with zero attached hydrogens (tertiary/aromatic N) is 4. The highest BCUT2D eigenvalue weighted by atomic mass is 35.5. The molecule has 2 fully saturated rings. The number of amides is 2. The first-order valence-electron chi connectivity index (χ1n) is 12.1. The molecule has 0 spiro atoms. The fourth-order valence-corrected chi connectivity index (χ4v) is 5.53. The molecule has 5 atom stereocenters. The van der Waals surface area contributed by atoms with E-state index in [0.29, 0.717) is 36.4 Å². The number of piperazine rings is 1. The maximum Gasteiger partial charge on any atom is 0.413 e. The van der Waals surface area contributed by atoms with Crippen LogP contribution in [0.3, 0.4) is 0 Å². The van der Waals surface area contributed by atoms with Crippen LogP contribution in [0.15, 0.2) is 30.6 Å². The zero-order valence-electron chi connectivity index (χ0n) is 20.4. The van der Waals surface area contributed by atoms with Gasteiger partial charge in [-0.15, -0.1) is 0 Å². The molecule has 1 saturated heterocycles. The molecule has 3 heterocycles. The van der Waals surface area contributed by atoms with Crippen molar-refractivity contribution in [1.82, 2.24) is 20.2 Å². The second-order valence-electron chi connectivity index (χ2n) is 9.86. The van der Waals surface area contributed by atoms with Gasteiger partial charge in [-0.25, -0.2) is 14.8 Å². The van der Waals surface area contributed by atoms with E-state index in [1.165, 1.54) is 6.33 Å². The van der Waals surface area contributed by atoms with Gasteiger partial charge in [-0.2, -0.15) is 0 Å². The zero-order valence-corrected chi connectivity index (χ0v) is 21.1. The van der Waals surface area contributed by atoms with Gasteiger partial charge < -0.3 is 19.9 Å². The third-order valence-corrected chi connectivity index (χ3v) is 7.47. The first kappa shape index (κ1) is 23.8. The molecule has 10 heteroatoms. The SMILES string of the molecule is CC(C)NC[C@@H](C(=O)N1CCN(c2ncnc3c2C(C)OC(=O)N3)[C@@H]2[C@H](C)[C@@H]21)c1ccc(Cl)cc1. The van der Waals surface area contributed by atoms with Crippen LogP contribution in [0.4, 0.5) is 16.4 Å². The fourth-order valence-electron chi connectivity index (χ4n) is 5.41. The van der Waals surface area contributed by atoms with Crippen LogP contribution in [0.25, 0.3) is 0 Å². The smallest absolute Gasteiger partial charge is 0.413 e. The highest BCUT2D eigenvalue weighted by Crippen LogP contribution is 2.47. The summed E-state index contributed by atoms with van der Waals surface area (Å²) >= 11 is 6.11. The molecule has 186 valence electrons. The summed E-state index contributed by atoms with van der Waals surface area (Å²) in [7, 11) is 0. The van der Waals surface area contributed by atoms with E-state index in [-0.39, 0.29) is 30.0 Å². The number of aromatic nitrogens is 2. The average molecular weight is 499 g/mol. The van der Waals surface area contributed by atoms with E-state index >= 15 is 0 Å². The number of fused-ring (bicyclic) bond motifs is 2. The molecule has 2 amide bonds. The molecule has 2 aromatic rings. The molecule has 1 aromatic carbocycles. The Morgan fingerprint density at radius 2 is 1.94 bits per heavy atom. The molecule has 0 bridgehead atoms. The Morgan fingerprint density at radius 1 is 1.20 bits per heavy atom. The molecule has 1 aromatic heterocycles. The molecule has 5 rings (SSSR count). The Kier molecular flexibility index (Phi) is 6.31. The highest BCUT2D eigenvalue weighted by molar-refractivity contribution is 6.30. The number of ether oxygens (including phenoxy) is 1. The van der Waals surface area contributed by atoms with Crippen LogP contribution in [-0.4, -0.2) is 64.6 Å². The number of benzene rings is 1. The van der Waals surface area contributed by atoms with Crippen LogP contribution in [0, 0.1) is 5.92 Å². The number of hydrogen-bond acceptors (Lipinski definition) is 7. The maximum atomic E-state index is 13.9. The minimum Gasteiger partial charge on any atom is -0.441 e. The lowest BCUT2D eigenvalue weighted by atomic mass is 9.96. The van der Waals surface area contributed by atoms with Gasteiger partial charge in [0.15, 0.2) is 0 Å². The summed E-state index contributed by atoms with van der Waals surface area (Å²) in [6.45, 7) is 9.97. The molecule has 1 saturated carbocycles. The largest absolute Gasteiger partial charge is 0.441 e. The van der Waals surface area contributed by atoms with E-state index < -0.39 is 12.2 Å². The number of halogens is 1. The molecule has 35 heavy (non-hydrogen) atoms. The van der Waals surface area contributed by atoms with E-state index in [9.17, 15) is 9.59 Å².